The summed E-state index contributed by atoms with van der Waals surface area (Å²) in [7, 11) is 4.18. The van der Waals surface area contributed by atoms with Gasteiger partial charge in [0, 0.05) is 25.5 Å². The van der Waals surface area contributed by atoms with E-state index in [1.165, 1.54) is 108 Å². The zero-order chi connectivity index (χ0) is 37.7. The summed E-state index contributed by atoms with van der Waals surface area (Å²) in [6, 6.07) is 6.35. The van der Waals surface area contributed by atoms with Crippen LogP contribution in [0.2, 0.25) is 0 Å². The molecule has 7 nitrogen and oxygen atoms in total. The molecule has 302 valence electrons. The number of unbranched alkanes of at least 4 members (excludes halogenated alkanes) is 22. The van der Waals surface area contributed by atoms with Gasteiger partial charge in [0.2, 0.25) is 0 Å². The maximum absolute atomic E-state index is 11.8. The van der Waals surface area contributed by atoms with Crippen molar-refractivity contribution in [2.75, 3.05) is 40.5 Å². The van der Waals surface area contributed by atoms with Gasteiger partial charge in [-0.2, -0.15) is 0 Å². The van der Waals surface area contributed by atoms with Gasteiger partial charge in [-0.25, -0.2) is 0 Å². The fourth-order valence-electron chi connectivity index (χ4n) is 6.43. The highest BCUT2D eigenvalue weighted by Crippen LogP contribution is 2.25. The zero-order valence-electron chi connectivity index (χ0n) is 34.5. The first-order valence-corrected chi connectivity index (χ1v) is 21.8. The number of carbonyl (C=O) groups excluding carboxylic acids is 2. The van der Waals surface area contributed by atoms with Crippen LogP contribution in [0.15, 0.2) is 18.2 Å². The molecule has 0 aliphatic heterocycles. The molecule has 1 aromatic carbocycles. The Morgan fingerprint density at radius 2 is 0.769 bits per heavy atom. The van der Waals surface area contributed by atoms with Gasteiger partial charge in [-0.05, 0) is 70.3 Å². The minimum atomic E-state index is -0.0201. The minimum Gasteiger partial charge on any atom is -0.493 e. The van der Waals surface area contributed by atoms with E-state index in [0.29, 0.717) is 26.1 Å². The van der Waals surface area contributed by atoms with E-state index >= 15 is 0 Å². The summed E-state index contributed by atoms with van der Waals surface area (Å²) in [5.41, 5.74) is 1.21. The molecule has 1 rings (SSSR count). The number of ether oxygens (including phenoxy) is 4. The van der Waals surface area contributed by atoms with Crippen LogP contribution in [0, 0.1) is 0 Å². The average molecular weight is 732 g/mol. The van der Waals surface area contributed by atoms with Gasteiger partial charge in [0.15, 0.2) is 0 Å². The van der Waals surface area contributed by atoms with Gasteiger partial charge in [0.05, 0.1) is 26.4 Å². The van der Waals surface area contributed by atoms with Gasteiger partial charge in [-0.15, -0.1) is 0 Å². The summed E-state index contributed by atoms with van der Waals surface area (Å²) in [6.45, 7) is 7.90. The first-order chi connectivity index (χ1) is 25.4. The Bertz CT molecular complexity index is 899. The summed E-state index contributed by atoms with van der Waals surface area (Å²) in [4.78, 5) is 25.8. The molecular weight excluding hydrogens is 650 g/mol. The summed E-state index contributed by atoms with van der Waals surface area (Å²) in [5, 5.41) is 0. The second kappa shape index (κ2) is 35.7. The van der Waals surface area contributed by atoms with E-state index in [1.54, 1.807) is 0 Å². The number of esters is 2. The second-order valence-corrected chi connectivity index (χ2v) is 15.2. The van der Waals surface area contributed by atoms with Gasteiger partial charge in [-0.3, -0.25) is 9.59 Å². The third kappa shape index (κ3) is 31.3. The summed E-state index contributed by atoms with van der Waals surface area (Å²) < 4.78 is 23.1. The SMILES string of the molecule is CCCCCCCC(=O)OCCCCCCCCCCOc1cc(CN(C)C)cc(OCCCCCCCCCCOC(=O)CCCCCCC)c1. The standard InChI is InChI=1S/C45H81NO6/c1-5-7-9-19-25-31-44(47)51-35-29-23-17-13-11-15-21-27-33-49-42-37-41(40-46(3)4)38-43(39-42)50-34-28-22-16-12-14-18-24-30-36-52-45(48)32-26-20-10-8-6-2/h37-39H,5-36,40H2,1-4H3. The molecular formula is C45H81NO6. The molecule has 52 heavy (non-hydrogen) atoms. The van der Waals surface area contributed by atoms with Crippen LogP contribution in [0.4, 0.5) is 0 Å². The van der Waals surface area contributed by atoms with Crippen molar-refractivity contribution in [3.8, 4) is 11.5 Å². The summed E-state index contributed by atoms with van der Waals surface area (Å²) >= 11 is 0. The van der Waals surface area contributed by atoms with Crippen LogP contribution >= 0.6 is 0 Å². The Labute approximate surface area is 320 Å². The molecule has 0 heterocycles. The highest BCUT2D eigenvalue weighted by molar-refractivity contribution is 5.69. The predicted octanol–water partition coefficient (Wildman–Crippen LogP) is 12.6. The van der Waals surface area contributed by atoms with Crippen LogP contribution in [-0.2, 0) is 25.6 Å². The van der Waals surface area contributed by atoms with E-state index in [4.69, 9.17) is 18.9 Å². The lowest BCUT2D eigenvalue weighted by atomic mass is 10.1. The van der Waals surface area contributed by atoms with E-state index < -0.39 is 0 Å². The van der Waals surface area contributed by atoms with Crippen LogP contribution in [0.5, 0.6) is 11.5 Å². The van der Waals surface area contributed by atoms with Crippen molar-refractivity contribution >= 4 is 11.9 Å². The molecule has 0 atom stereocenters. The van der Waals surface area contributed by atoms with E-state index in [2.05, 4.69) is 51.0 Å². The first kappa shape index (κ1) is 47.7. The third-order valence-electron chi connectivity index (χ3n) is 9.55. The molecule has 0 fully saturated rings. The monoisotopic (exact) mass is 732 g/mol. The summed E-state index contributed by atoms with van der Waals surface area (Å²) in [5.74, 6) is 1.77. The average Bonchev–Trinajstić information content (AvgIpc) is 3.12. The van der Waals surface area contributed by atoms with Crippen molar-refractivity contribution in [1.29, 1.82) is 0 Å². The lowest BCUT2D eigenvalue weighted by molar-refractivity contribution is -0.144. The zero-order valence-corrected chi connectivity index (χ0v) is 34.5. The molecule has 0 amide bonds. The van der Waals surface area contributed by atoms with Gasteiger partial charge in [0.25, 0.3) is 0 Å². The minimum absolute atomic E-state index is 0.0201. The normalized spacial score (nSPS) is 11.2. The molecule has 0 saturated heterocycles. The van der Waals surface area contributed by atoms with Gasteiger partial charge in [0.1, 0.15) is 11.5 Å². The Morgan fingerprint density at radius 3 is 1.13 bits per heavy atom. The highest BCUT2D eigenvalue weighted by Gasteiger charge is 2.07. The second-order valence-electron chi connectivity index (χ2n) is 15.2. The van der Waals surface area contributed by atoms with Crippen LogP contribution in [0.1, 0.15) is 199 Å². The molecule has 0 saturated carbocycles. The topological polar surface area (TPSA) is 74.3 Å². The predicted molar refractivity (Wildman–Crippen MR) is 217 cm³/mol. The molecule has 7 heteroatoms. The van der Waals surface area contributed by atoms with Crippen LogP contribution in [0.25, 0.3) is 0 Å². The van der Waals surface area contributed by atoms with Gasteiger partial charge >= 0.3 is 11.9 Å². The fraction of sp³-hybridized carbons (Fsp3) is 0.822. The molecule has 0 radical (unpaired) electrons. The number of nitrogens with zero attached hydrogens (tertiary/aromatic N) is 1. The van der Waals surface area contributed by atoms with Crippen LogP contribution in [0.3, 0.4) is 0 Å². The van der Waals surface area contributed by atoms with Gasteiger partial charge < -0.3 is 23.8 Å². The Morgan fingerprint density at radius 1 is 0.442 bits per heavy atom. The Balaban J connectivity index is 2.07. The quantitative estimate of drug-likeness (QED) is 0.0495. The van der Waals surface area contributed by atoms with Crippen LogP contribution in [-0.4, -0.2) is 57.4 Å². The lowest BCUT2D eigenvalue weighted by Crippen LogP contribution is -2.11. The largest absolute Gasteiger partial charge is 0.493 e. The van der Waals surface area contributed by atoms with E-state index in [9.17, 15) is 9.59 Å². The smallest absolute Gasteiger partial charge is 0.305 e. The molecule has 1 aromatic rings. The van der Waals surface area contributed by atoms with E-state index in [0.717, 1.165) is 95.5 Å². The van der Waals surface area contributed by atoms with Crippen molar-refractivity contribution in [3.63, 3.8) is 0 Å². The molecule has 0 N–H and O–H groups in total. The fourth-order valence-corrected chi connectivity index (χ4v) is 6.43. The van der Waals surface area contributed by atoms with Gasteiger partial charge in [-0.1, -0.05) is 142 Å². The Hall–Kier alpha value is -2.28. The van der Waals surface area contributed by atoms with E-state index in [-0.39, 0.29) is 11.9 Å². The molecule has 0 spiro atoms. The van der Waals surface area contributed by atoms with Crippen molar-refractivity contribution in [2.45, 2.75) is 200 Å². The summed E-state index contributed by atoms with van der Waals surface area (Å²) in [6.07, 6.45) is 31.5. The Kier molecular flexibility index (Phi) is 32.8. The van der Waals surface area contributed by atoms with Crippen molar-refractivity contribution in [1.82, 2.24) is 4.90 Å². The molecule has 0 aliphatic carbocycles. The molecule has 0 unspecified atom stereocenters. The third-order valence-corrected chi connectivity index (χ3v) is 9.55. The molecule has 0 aliphatic rings. The lowest BCUT2D eigenvalue weighted by Gasteiger charge is -2.15. The first-order valence-electron chi connectivity index (χ1n) is 21.8. The number of hydrogen-bond donors (Lipinski definition) is 0. The maximum Gasteiger partial charge on any atom is 0.305 e. The van der Waals surface area contributed by atoms with Crippen molar-refractivity contribution in [2.24, 2.45) is 0 Å². The number of carbonyl (C=O) groups is 2. The number of rotatable bonds is 38. The molecule has 0 bridgehead atoms. The van der Waals surface area contributed by atoms with Crippen molar-refractivity contribution in [3.05, 3.63) is 23.8 Å². The van der Waals surface area contributed by atoms with E-state index in [1.807, 2.05) is 0 Å². The maximum atomic E-state index is 11.8. The highest BCUT2D eigenvalue weighted by atomic mass is 16.5. The van der Waals surface area contributed by atoms with Crippen LogP contribution < -0.4 is 9.47 Å². The number of benzene rings is 1. The number of hydrogen-bond acceptors (Lipinski definition) is 7. The van der Waals surface area contributed by atoms with Crippen molar-refractivity contribution < 1.29 is 28.5 Å². The molecule has 0 aromatic heterocycles.